The molecule has 29 heavy (non-hydrogen) atoms. The van der Waals surface area contributed by atoms with Crippen molar-refractivity contribution in [2.24, 2.45) is 4.99 Å². The molecule has 1 aromatic carbocycles. The van der Waals surface area contributed by atoms with Gasteiger partial charge in [0, 0.05) is 30.6 Å². The molecule has 160 valence electrons. The van der Waals surface area contributed by atoms with Crippen molar-refractivity contribution in [3.63, 3.8) is 0 Å². The molecule has 10 heteroatoms. The third-order valence-corrected chi connectivity index (χ3v) is 5.05. The van der Waals surface area contributed by atoms with Gasteiger partial charge >= 0.3 is 6.36 Å². The number of benzene rings is 1. The first-order valence-corrected chi connectivity index (χ1v) is 10.1. The highest BCUT2D eigenvalue weighted by atomic mass is 32.1. The van der Waals surface area contributed by atoms with Crippen LogP contribution in [0.25, 0.3) is 0 Å². The third-order valence-electron chi connectivity index (χ3n) is 3.85. The summed E-state index contributed by atoms with van der Waals surface area (Å²) in [7, 11) is 0. The molecule has 1 unspecified atom stereocenters. The molecule has 0 amide bonds. The summed E-state index contributed by atoms with van der Waals surface area (Å²) in [6.07, 6.45) is -2.07. The van der Waals surface area contributed by atoms with Crippen LogP contribution in [0.3, 0.4) is 0 Å². The molecular formula is C19H25F3N4O2S. The van der Waals surface area contributed by atoms with Crippen LogP contribution in [-0.2, 0) is 12.8 Å². The quantitative estimate of drug-likeness (QED) is 0.420. The predicted molar refractivity (Wildman–Crippen MR) is 107 cm³/mol. The topological polar surface area (TPSA) is 78.8 Å². The maximum absolute atomic E-state index is 12.2. The monoisotopic (exact) mass is 430 g/mol. The molecule has 0 radical (unpaired) electrons. The number of aromatic nitrogens is 1. The van der Waals surface area contributed by atoms with Crippen LogP contribution in [0, 0.1) is 0 Å². The van der Waals surface area contributed by atoms with Gasteiger partial charge < -0.3 is 20.5 Å². The number of ether oxygens (including phenoxy) is 1. The summed E-state index contributed by atoms with van der Waals surface area (Å²) in [4.78, 5) is 9.96. The van der Waals surface area contributed by atoms with E-state index in [0.29, 0.717) is 24.6 Å². The Morgan fingerprint density at radius 3 is 2.55 bits per heavy atom. The van der Waals surface area contributed by atoms with E-state index in [9.17, 15) is 18.3 Å². The van der Waals surface area contributed by atoms with E-state index in [1.54, 1.807) is 11.3 Å². The summed E-state index contributed by atoms with van der Waals surface area (Å²) in [6, 6.07) is 5.10. The standard InChI is InChI=1S/C19H25F3N4O2S/c1-3-15-11-25-17(29-15)9-10-24-18(23-4-2)26-12-16(27)13-5-7-14(8-6-13)28-19(20,21)22/h5-8,11,16,27H,3-4,9-10,12H2,1-2H3,(H2,23,24,26). The van der Waals surface area contributed by atoms with E-state index >= 15 is 0 Å². The van der Waals surface area contributed by atoms with Gasteiger partial charge in [-0.1, -0.05) is 19.1 Å². The number of thiazole rings is 1. The molecule has 0 saturated heterocycles. The number of rotatable bonds is 9. The van der Waals surface area contributed by atoms with Crippen molar-refractivity contribution in [1.29, 1.82) is 0 Å². The summed E-state index contributed by atoms with van der Waals surface area (Å²) < 4.78 is 40.4. The van der Waals surface area contributed by atoms with Crippen molar-refractivity contribution in [3.05, 3.63) is 45.9 Å². The second-order valence-corrected chi connectivity index (χ2v) is 7.30. The normalized spacial score (nSPS) is 13.2. The average Bonchev–Trinajstić information content (AvgIpc) is 3.13. The van der Waals surface area contributed by atoms with Crippen molar-refractivity contribution < 1.29 is 23.0 Å². The fourth-order valence-electron chi connectivity index (χ4n) is 2.43. The van der Waals surface area contributed by atoms with Gasteiger partial charge in [-0.05, 0) is 31.0 Å². The van der Waals surface area contributed by atoms with Gasteiger partial charge in [0.1, 0.15) is 5.75 Å². The number of hydrogen-bond donors (Lipinski definition) is 3. The van der Waals surface area contributed by atoms with Crippen molar-refractivity contribution in [2.75, 3.05) is 19.6 Å². The molecule has 0 bridgehead atoms. The highest BCUT2D eigenvalue weighted by molar-refractivity contribution is 7.11. The first-order chi connectivity index (χ1) is 13.8. The van der Waals surface area contributed by atoms with E-state index in [-0.39, 0.29) is 12.3 Å². The van der Waals surface area contributed by atoms with Crippen LogP contribution in [0.4, 0.5) is 13.2 Å². The molecule has 2 aromatic rings. The van der Waals surface area contributed by atoms with E-state index in [2.05, 4.69) is 32.3 Å². The van der Waals surface area contributed by atoms with Gasteiger partial charge in [-0.15, -0.1) is 24.5 Å². The first-order valence-electron chi connectivity index (χ1n) is 9.30. The number of aliphatic hydroxyl groups excluding tert-OH is 1. The summed E-state index contributed by atoms with van der Waals surface area (Å²) >= 11 is 1.69. The average molecular weight is 430 g/mol. The van der Waals surface area contributed by atoms with E-state index in [0.717, 1.165) is 30.0 Å². The number of aliphatic hydroxyl groups is 1. The third kappa shape index (κ3) is 8.28. The summed E-state index contributed by atoms with van der Waals surface area (Å²) in [5.74, 6) is 0.219. The van der Waals surface area contributed by atoms with Crippen molar-refractivity contribution in [2.45, 2.75) is 39.2 Å². The van der Waals surface area contributed by atoms with E-state index in [1.165, 1.54) is 17.0 Å². The molecule has 0 aliphatic heterocycles. The lowest BCUT2D eigenvalue weighted by Gasteiger charge is -2.14. The second kappa shape index (κ2) is 11.0. The highest BCUT2D eigenvalue weighted by Gasteiger charge is 2.31. The van der Waals surface area contributed by atoms with Gasteiger partial charge in [0.05, 0.1) is 17.7 Å². The minimum atomic E-state index is -4.74. The molecule has 2 rings (SSSR count). The molecule has 3 N–H and O–H groups in total. The Balaban J connectivity index is 1.87. The Morgan fingerprint density at radius 1 is 1.24 bits per heavy atom. The minimum Gasteiger partial charge on any atom is -0.406 e. The number of alkyl halides is 3. The number of nitrogens with one attached hydrogen (secondary N) is 2. The number of guanidine groups is 1. The van der Waals surface area contributed by atoms with Crippen LogP contribution in [0.2, 0.25) is 0 Å². The van der Waals surface area contributed by atoms with E-state index in [4.69, 9.17) is 0 Å². The molecule has 0 spiro atoms. The smallest absolute Gasteiger partial charge is 0.406 e. The SMILES string of the molecule is CCNC(=NCC(O)c1ccc(OC(F)(F)F)cc1)NCCc1ncc(CC)s1. The fraction of sp³-hybridized carbons (Fsp3) is 0.474. The predicted octanol–water partition coefficient (Wildman–Crippen LogP) is 3.44. The fourth-order valence-corrected chi connectivity index (χ4v) is 3.29. The number of aryl methyl sites for hydroxylation is 1. The Hall–Kier alpha value is -2.33. The van der Waals surface area contributed by atoms with Crippen LogP contribution < -0.4 is 15.4 Å². The maximum Gasteiger partial charge on any atom is 0.573 e. The number of hydrogen-bond acceptors (Lipinski definition) is 5. The molecule has 1 aromatic heterocycles. The van der Waals surface area contributed by atoms with E-state index in [1.807, 2.05) is 13.1 Å². The summed E-state index contributed by atoms with van der Waals surface area (Å²) in [6.45, 7) is 5.38. The Kier molecular flexibility index (Phi) is 8.71. The zero-order chi connectivity index (χ0) is 21.3. The molecular weight excluding hydrogens is 405 g/mol. The van der Waals surface area contributed by atoms with Crippen molar-refractivity contribution in [3.8, 4) is 5.75 Å². The van der Waals surface area contributed by atoms with Crippen LogP contribution in [0.5, 0.6) is 5.75 Å². The number of aliphatic imine (C=N–C) groups is 1. The Labute approximate surface area is 171 Å². The summed E-state index contributed by atoms with van der Waals surface area (Å²) in [5.41, 5.74) is 0.453. The van der Waals surface area contributed by atoms with E-state index < -0.39 is 12.5 Å². The molecule has 0 saturated carbocycles. The molecule has 1 atom stereocenters. The van der Waals surface area contributed by atoms with Crippen molar-refractivity contribution in [1.82, 2.24) is 15.6 Å². The Morgan fingerprint density at radius 2 is 1.97 bits per heavy atom. The van der Waals surface area contributed by atoms with Crippen LogP contribution in [0.15, 0.2) is 35.5 Å². The van der Waals surface area contributed by atoms with Crippen LogP contribution >= 0.6 is 11.3 Å². The first kappa shape index (κ1) is 23.0. The van der Waals surface area contributed by atoms with Gasteiger partial charge in [0.2, 0.25) is 0 Å². The number of halogens is 3. The lowest BCUT2D eigenvalue weighted by molar-refractivity contribution is -0.274. The number of nitrogens with zero attached hydrogens (tertiary/aromatic N) is 2. The summed E-state index contributed by atoms with van der Waals surface area (Å²) in [5, 5.41) is 17.6. The lowest BCUT2D eigenvalue weighted by atomic mass is 10.1. The highest BCUT2D eigenvalue weighted by Crippen LogP contribution is 2.24. The van der Waals surface area contributed by atoms with Crippen molar-refractivity contribution >= 4 is 17.3 Å². The van der Waals surface area contributed by atoms with Gasteiger partial charge in [-0.25, -0.2) is 4.98 Å². The zero-order valence-corrected chi connectivity index (χ0v) is 17.1. The van der Waals surface area contributed by atoms with Crippen LogP contribution in [0.1, 0.15) is 35.4 Å². The lowest BCUT2D eigenvalue weighted by Crippen LogP contribution is -2.38. The molecule has 1 heterocycles. The zero-order valence-electron chi connectivity index (χ0n) is 16.3. The van der Waals surface area contributed by atoms with Gasteiger partial charge in [-0.3, -0.25) is 4.99 Å². The van der Waals surface area contributed by atoms with Crippen LogP contribution in [-0.4, -0.2) is 42.0 Å². The molecule has 0 aliphatic carbocycles. The minimum absolute atomic E-state index is 0.0616. The second-order valence-electron chi connectivity index (χ2n) is 6.10. The molecule has 0 fully saturated rings. The van der Waals surface area contributed by atoms with Gasteiger partial charge in [0.25, 0.3) is 0 Å². The maximum atomic E-state index is 12.2. The largest absolute Gasteiger partial charge is 0.573 e. The van der Waals surface area contributed by atoms with Gasteiger partial charge in [0.15, 0.2) is 5.96 Å². The molecule has 6 nitrogen and oxygen atoms in total. The van der Waals surface area contributed by atoms with Gasteiger partial charge in [-0.2, -0.15) is 0 Å². The molecule has 0 aliphatic rings. The Bertz CT molecular complexity index is 779.